The lowest BCUT2D eigenvalue weighted by Crippen LogP contribution is -2.28. The van der Waals surface area contributed by atoms with Crippen LogP contribution in [-0.2, 0) is 10.2 Å². The van der Waals surface area contributed by atoms with E-state index in [2.05, 4.69) is 0 Å². The number of benzene rings is 1. The van der Waals surface area contributed by atoms with Crippen LogP contribution in [0.2, 0.25) is 0 Å². The van der Waals surface area contributed by atoms with Gasteiger partial charge in [0.15, 0.2) is 5.71 Å². The maximum atomic E-state index is 11.0. The van der Waals surface area contributed by atoms with Gasteiger partial charge in [0, 0.05) is 18.6 Å². The lowest BCUT2D eigenvalue weighted by molar-refractivity contribution is -0.429. The Morgan fingerprint density at radius 3 is 2.42 bits per heavy atom. The monoisotopic (exact) mass is 262 g/mol. The Labute approximate surface area is 110 Å². The van der Waals surface area contributed by atoms with Crippen LogP contribution in [0.4, 0.5) is 5.69 Å². The predicted molar refractivity (Wildman–Crippen MR) is 69.5 cm³/mol. The molecule has 100 valence electrons. The zero-order chi connectivity index (χ0) is 14.4. The van der Waals surface area contributed by atoms with Gasteiger partial charge < -0.3 is 10.2 Å². The summed E-state index contributed by atoms with van der Waals surface area (Å²) in [4.78, 5) is 22.0. The lowest BCUT2D eigenvalue weighted by Gasteiger charge is -2.14. The summed E-state index contributed by atoms with van der Waals surface area (Å²) in [5.41, 5.74) is 2.41. The van der Waals surface area contributed by atoms with Crippen molar-refractivity contribution >= 4 is 23.3 Å². The number of hydrogen-bond acceptors (Lipinski definition) is 2. The Morgan fingerprint density at radius 2 is 1.89 bits per heavy atom. The van der Waals surface area contributed by atoms with Crippen molar-refractivity contribution in [2.24, 2.45) is 0 Å². The molecule has 0 amide bonds. The Bertz CT molecular complexity index is 614. The van der Waals surface area contributed by atoms with E-state index < -0.39 is 11.9 Å². The molecule has 0 saturated carbocycles. The van der Waals surface area contributed by atoms with E-state index in [0.717, 1.165) is 11.3 Å². The van der Waals surface area contributed by atoms with Gasteiger partial charge in [0.25, 0.3) is 0 Å². The lowest BCUT2D eigenvalue weighted by atomic mass is 9.82. The number of carboxylic acid groups (broad SMARTS) is 2. The van der Waals surface area contributed by atoms with Crippen LogP contribution in [0.15, 0.2) is 18.2 Å². The molecule has 1 aromatic carbocycles. The Hall–Kier alpha value is -2.17. The fraction of sp³-hybridized carbons (Fsp3) is 0.357. The summed E-state index contributed by atoms with van der Waals surface area (Å²) in [6.07, 6.45) is 0. The second-order valence-corrected chi connectivity index (χ2v) is 5.23. The van der Waals surface area contributed by atoms with Gasteiger partial charge in [-0.1, -0.05) is 6.07 Å². The largest absolute Gasteiger partial charge is 0.478 e. The van der Waals surface area contributed by atoms with Crippen LogP contribution in [0, 0.1) is 0 Å². The Morgan fingerprint density at radius 1 is 1.26 bits per heavy atom. The normalized spacial score (nSPS) is 16.4. The summed E-state index contributed by atoms with van der Waals surface area (Å²) >= 11 is 0. The zero-order valence-corrected chi connectivity index (χ0v) is 11.1. The molecule has 0 spiro atoms. The topological polar surface area (TPSA) is 77.6 Å². The van der Waals surface area contributed by atoms with Crippen LogP contribution in [0.3, 0.4) is 0 Å². The number of rotatable bonds is 3. The van der Waals surface area contributed by atoms with E-state index in [-0.39, 0.29) is 17.5 Å². The van der Waals surface area contributed by atoms with Gasteiger partial charge in [-0.25, -0.2) is 9.59 Å². The number of aromatic carboxylic acids is 1. The second kappa shape index (κ2) is 4.19. The second-order valence-electron chi connectivity index (χ2n) is 5.23. The molecule has 0 bridgehead atoms. The van der Waals surface area contributed by atoms with E-state index in [4.69, 9.17) is 10.2 Å². The van der Waals surface area contributed by atoms with Crippen molar-refractivity contribution in [1.82, 2.24) is 0 Å². The number of hydrogen-bond donors (Lipinski definition) is 2. The minimum absolute atomic E-state index is 0.161. The van der Waals surface area contributed by atoms with Crippen LogP contribution >= 0.6 is 0 Å². The number of nitrogens with zero attached hydrogens (tertiary/aromatic N) is 1. The molecule has 0 unspecified atom stereocenters. The number of fused-ring (bicyclic) bond motifs is 1. The van der Waals surface area contributed by atoms with E-state index in [1.165, 1.54) is 0 Å². The highest BCUT2D eigenvalue weighted by Crippen LogP contribution is 2.39. The minimum atomic E-state index is -1.01. The van der Waals surface area contributed by atoms with Gasteiger partial charge in [0.1, 0.15) is 0 Å². The van der Waals surface area contributed by atoms with E-state index in [1.807, 2.05) is 20.8 Å². The molecule has 1 aliphatic heterocycles. The first-order valence-corrected chi connectivity index (χ1v) is 5.96. The third kappa shape index (κ3) is 2.01. The summed E-state index contributed by atoms with van der Waals surface area (Å²) < 4.78 is 1.67. The van der Waals surface area contributed by atoms with Crippen molar-refractivity contribution in [3.8, 4) is 0 Å². The Kier molecular flexibility index (Phi) is 2.92. The molecule has 0 aromatic heterocycles. The molecule has 0 atom stereocenters. The molecule has 1 aliphatic rings. The van der Waals surface area contributed by atoms with Crippen molar-refractivity contribution in [3.05, 3.63) is 29.3 Å². The highest BCUT2D eigenvalue weighted by molar-refractivity contribution is 5.96. The van der Waals surface area contributed by atoms with Crippen molar-refractivity contribution in [1.29, 1.82) is 0 Å². The minimum Gasteiger partial charge on any atom is -0.478 e. The van der Waals surface area contributed by atoms with Crippen molar-refractivity contribution in [2.75, 3.05) is 6.54 Å². The number of carbonyl (C=O) groups is 2. The summed E-state index contributed by atoms with van der Waals surface area (Å²) in [5, 5.41) is 18.0. The first-order valence-electron chi connectivity index (χ1n) is 5.96. The molecule has 0 saturated heterocycles. The van der Waals surface area contributed by atoms with E-state index in [0.29, 0.717) is 5.69 Å². The molecule has 0 aliphatic carbocycles. The summed E-state index contributed by atoms with van der Waals surface area (Å²) in [7, 11) is 0. The molecule has 2 N–H and O–H groups in total. The van der Waals surface area contributed by atoms with Gasteiger partial charge in [-0.05, 0) is 19.9 Å². The average Bonchev–Trinajstić information content (AvgIpc) is 2.50. The third-order valence-electron chi connectivity index (χ3n) is 3.81. The summed E-state index contributed by atoms with van der Waals surface area (Å²) in [5.74, 6) is -1.95. The maximum Gasteiger partial charge on any atom is 0.370 e. The molecular formula is C14H16NO4+. The standard InChI is InChI=1S/C14H15NO4/c1-8-14(2,3)10-5-4-9(13(18)19)6-11(10)15(8)7-12(16)17/h4-6H,7H2,1-3H3,(H-,16,17,18,19)/p+1. The van der Waals surface area contributed by atoms with Gasteiger partial charge in [-0.15, -0.1) is 0 Å². The highest BCUT2D eigenvalue weighted by Gasteiger charge is 2.43. The zero-order valence-electron chi connectivity index (χ0n) is 11.1. The van der Waals surface area contributed by atoms with Crippen LogP contribution in [0.25, 0.3) is 0 Å². The number of carboxylic acids is 2. The smallest absolute Gasteiger partial charge is 0.370 e. The Balaban J connectivity index is 2.64. The number of aliphatic carboxylic acids is 1. The van der Waals surface area contributed by atoms with Crippen molar-refractivity contribution in [2.45, 2.75) is 26.2 Å². The quantitative estimate of drug-likeness (QED) is 0.815. The van der Waals surface area contributed by atoms with Crippen LogP contribution in [0.5, 0.6) is 0 Å². The highest BCUT2D eigenvalue weighted by atomic mass is 16.4. The van der Waals surface area contributed by atoms with Gasteiger partial charge in [-0.3, -0.25) is 0 Å². The molecule has 0 radical (unpaired) electrons. The van der Waals surface area contributed by atoms with Crippen molar-refractivity contribution in [3.63, 3.8) is 0 Å². The van der Waals surface area contributed by atoms with Gasteiger partial charge in [0.05, 0.1) is 11.0 Å². The van der Waals surface area contributed by atoms with Gasteiger partial charge in [-0.2, -0.15) is 4.58 Å². The molecular weight excluding hydrogens is 246 g/mol. The molecule has 0 fully saturated rings. The predicted octanol–water partition coefficient (Wildman–Crippen LogP) is 1.87. The SMILES string of the molecule is CC1=[N+](CC(=O)O)c2cc(C(=O)O)ccc2C1(C)C. The van der Waals surface area contributed by atoms with E-state index in [9.17, 15) is 9.59 Å². The first-order chi connectivity index (χ1) is 8.75. The van der Waals surface area contributed by atoms with E-state index in [1.54, 1.807) is 22.8 Å². The van der Waals surface area contributed by atoms with Gasteiger partial charge >= 0.3 is 11.9 Å². The van der Waals surface area contributed by atoms with Crippen molar-refractivity contribution < 1.29 is 24.4 Å². The first kappa shape index (κ1) is 13.3. The summed E-state index contributed by atoms with van der Waals surface area (Å²) in [6.45, 7) is 5.72. The molecule has 5 heteroatoms. The van der Waals surface area contributed by atoms with E-state index >= 15 is 0 Å². The molecule has 1 heterocycles. The molecule has 19 heavy (non-hydrogen) atoms. The van der Waals surface area contributed by atoms with Gasteiger partial charge in [0.2, 0.25) is 12.2 Å². The fourth-order valence-corrected chi connectivity index (χ4v) is 2.47. The fourth-order valence-electron chi connectivity index (χ4n) is 2.47. The van der Waals surface area contributed by atoms with Crippen LogP contribution in [0.1, 0.15) is 36.7 Å². The molecule has 1 aromatic rings. The van der Waals surface area contributed by atoms with Crippen LogP contribution in [-0.4, -0.2) is 39.0 Å². The molecule has 2 rings (SSSR count). The molecule has 5 nitrogen and oxygen atoms in total. The maximum absolute atomic E-state index is 11.0. The van der Waals surface area contributed by atoms with Crippen LogP contribution < -0.4 is 0 Å². The average molecular weight is 262 g/mol. The summed E-state index contributed by atoms with van der Waals surface area (Å²) in [6, 6.07) is 4.86. The third-order valence-corrected chi connectivity index (χ3v) is 3.81.